The van der Waals surface area contributed by atoms with E-state index in [0.29, 0.717) is 12.2 Å². The minimum Gasteiger partial charge on any atom is -0.385 e. The number of anilines is 1. The first-order valence-electron chi connectivity index (χ1n) is 4.94. The van der Waals surface area contributed by atoms with Crippen LogP contribution in [0.3, 0.4) is 0 Å². The van der Waals surface area contributed by atoms with Gasteiger partial charge in [0.2, 0.25) is 0 Å². The van der Waals surface area contributed by atoms with E-state index in [9.17, 15) is 21.6 Å². The highest BCUT2D eigenvalue weighted by Crippen LogP contribution is 2.30. The fourth-order valence-electron chi connectivity index (χ4n) is 1.15. The maximum Gasteiger partial charge on any atom is 0.501 e. The van der Waals surface area contributed by atoms with Crippen LogP contribution in [0.5, 0.6) is 0 Å². The zero-order valence-electron chi connectivity index (χ0n) is 9.08. The summed E-state index contributed by atoms with van der Waals surface area (Å²) in [6.07, 6.45) is 0.864. The SMILES string of the molecule is CCCNc1ccc(S(=O)(=O)C(F)(F)F)cc1. The Kier molecular flexibility index (Phi) is 4.03. The Balaban J connectivity index is 2.96. The van der Waals surface area contributed by atoms with Gasteiger partial charge in [-0.1, -0.05) is 6.92 Å². The van der Waals surface area contributed by atoms with Gasteiger partial charge in [0.15, 0.2) is 0 Å². The van der Waals surface area contributed by atoms with E-state index in [1.807, 2.05) is 6.92 Å². The van der Waals surface area contributed by atoms with Gasteiger partial charge in [0, 0.05) is 12.2 Å². The van der Waals surface area contributed by atoms with Crippen molar-refractivity contribution in [2.75, 3.05) is 11.9 Å². The fraction of sp³-hybridized carbons (Fsp3) is 0.400. The molecule has 0 aromatic heterocycles. The van der Waals surface area contributed by atoms with Crippen molar-refractivity contribution < 1.29 is 21.6 Å². The number of halogens is 3. The molecule has 0 aliphatic carbocycles. The van der Waals surface area contributed by atoms with Gasteiger partial charge in [0.05, 0.1) is 4.90 Å². The standard InChI is InChI=1S/C10H12F3NO2S/c1-2-7-14-8-3-5-9(6-4-8)17(15,16)10(11,12)13/h3-6,14H,2,7H2,1H3. The first-order valence-corrected chi connectivity index (χ1v) is 6.42. The van der Waals surface area contributed by atoms with E-state index in [2.05, 4.69) is 5.32 Å². The van der Waals surface area contributed by atoms with Crippen molar-refractivity contribution >= 4 is 15.5 Å². The molecule has 7 heteroatoms. The molecule has 0 unspecified atom stereocenters. The molecule has 0 amide bonds. The van der Waals surface area contributed by atoms with Gasteiger partial charge in [0.25, 0.3) is 9.84 Å². The lowest BCUT2D eigenvalue weighted by atomic mass is 10.3. The van der Waals surface area contributed by atoms with Crippen molar-refractivity contribution in [3.8, 4) is 0 Å². The minimum atomic E-state index is -5.26. The van der Waals surface area contributed by atoms with Gasteiger partial charge in [-0.05, 0) is 30.7 Å². The summed E-state index contributed by atoms with van der Waals surface area (Å²) >= 11 is 0. The maximum atomic E-state index is 12.2. The van der Waals surface area contributed by atoms with Gasteiger partial charge in [-0.3, -0.25) is 0 Å². The molecule has 0 radical (unpaired) electrons. The van der Waals surface area contributed by atoms with Crippen molar-refractivity contribution in [3.63, 3.8) is 0 Å². The van der Waals surface area contributed by atoms with Crippen LogP contribution in [-0.4, -0.2) is 20.5 Å². The topological polar surface area (TPSA) is 46.2 Å². The number of benzene rings is 1. The van der Waals surface area contributed by atoms with E-state index < -0.39 is 20.2 Å². The Labute approximate surface area is 97.6 Å². The first kappa shape index (κ1) is 13.8. The number of rotatable bonds is 4. The Morgan fingerprint density at radius 1 is 1.18 bits per heavy atom. The Morgan fingerprint density at radius 3 is 2.12 bits per heavy atom. The molecule has 1 aromatic rings. The molecule has 0 saturated heterocycles. The zero-order chi connectivity index (χ0) is 13.1. The second-order valence-corrected chi connectivity index (χ2v) is 5.34. The van der Waals surface area contributed by atoms with E-state index in [4.69, 9.17) is 0 Å². The normalized spacial score (nSPS) is 12.5. The van der Waals surface area contributed by atoms with Crippen molar-refractivity contribution in [1.29, 1.82) is 0 Å². The maximum absolute atomic E-state index is 12.2. The second-order valence-electron chi connectivity index (χ2n) is 3.40. The van der Waals surface area contributed by atoms with Gasteiger partial charge < -0.3 is 5.32 Å². The van der Waals surface area contributed by atoms with E-state index in [1.165, 1.54) is 12.1 Å². The summed E-state index contributed by atoms with van der Waals surface area (Å²) in [5.41, 5.74) is -4.67. The molecule has 1 aromatic carbocycles. The van der Waals surface area contributed by atoms with Gasteiger partial charge in [-0.15, -0.1) is 0 Å². The monoisotopic (exact) mass is 267 g/mol. The highest BCUT2D eigenvalue weighted by Gasteiger charge is 2.46. The van der Waals surface area contributed by atoms with Crippen LogP contribution in [0.4, 0.5) is 18.9 Å². The predicted molar refractivity (Wildman–Crippen MR) is 58.5 cm³/mol. The lowest BCUT2D eigenvalue weighted by Gasteiger charge is -2.09. The van der Waals surface area contributed by atoms with E-state index >= 15 is 0 Å². The van der Waals surface area contributed by atoms with Crippen LogP contribution in [0.2, 0.25) is 0 Å². The molecule has 0 bridgehead atoms. The lowest BCUT2D eigenvalue weighted by molar-refractivity contribution is -0.0436. The molecular weight excluding hydrogens is 255 g/mol. The minimum absolute atomic E-state index is 0.591. The summed E-state index contributed by atoms with van der Waals surface area (Å²) in [4.78, 5) is -0.743. The van der Waals surface area contributed by atoms with Crippen molar-refractivity contribution in [1.82, 2.24) is 0 Å². The molecule has 1 N–H and O–H groups in total. The predicted octanol–water partition coefficient (Wildman–Crippen LogP) is 2.80. The quantitative estimate of drug-likeness (QED) is 0.912. The molecule has 1 rings (SSSR count). The Bertz CT molecular complexity index is 465. The highest BCUT2D eigenvalue weighted by molar-refractivity contribution is 7.92. The molecule has 0 atom stereocenters. The molecule has 0 fully saturated rings. The van der Waals surface area contributed by atoms with Crippen LogP contribution < -0.4 is 5.32 Å². The molecule has 0 heterocycles. The molecule has 0 aliphatic heterocycles. The van der Waals surface area contributed by atoms with Crippen LogP contribution in [0.15, 0.2) is 29.2 Å². The van der Waals surface area contributed by atoms with Crippen molar-refractivity contribution in [2.45, 2.75) is 23.7 Å². The van der Waals surface area contributed by atoms with Gasteiger partial charge in [-0.2, -0.15) is 13.2 Å². The van der Waals surface area contributed by atoms with Crippen LogP contribution in [0, 0.1) is 0 Å². The second kappa shape index (κ2) is 4.95. The van der Waals surface area contributed by atoms with Crippen molar-refractivity contribution in [2.24, 2.45) is 0 Å². The Morgan fingerprint density at radius 2 is 1.71 bits per heavy atom. The smallest absolute Gasteiger partial charge is 0.385 e. The Hall–Kier alpha value is -1.24. The first-order chi connectivity index (χ1) is 7.79. The molecule has 0 saturated carbocycles. The van der Waals surface area contributed by atoms with Gasteiger partial charge >= 0.3 is 5.51 Å². The fourth-order valence-corrected chi connectivity index (χ4v) is 1.92. The number of hydrogen-bond acceptors (Lipinski definition) is 3. The largest absolute Gasteiger partial charge is 0.501 e. The van der Waals surface area contributed by atoms with Crippen LogP contribution >= 0.6 is 0 Å². The van der Waals surface area contributed by atoms with E-state index in [-0.39, 0.29) is 0 Å². The molecule has 17 heavy (non-hydrogen) atoms. The average Bonchev–Trinajstić information content (AvgIpc) is 2.25. The number of nitrogens with one attached hydrogen (secondary N) is 1. The van der Waals surface area contributed by atoms with Gasteiger partial charge in [0.1, 0.15) is 0 Å². The third-order valence-electron chi connectivity index (χ3n) is 2.05. The summed E-state index contributed by atoms with van der Waals surface area (Å²) in [7, 11) is -5.24. The van der Waals surface area contributed by atoms with Crippen molar-refractivity contribution in [3.05, 3.63) is 24.3 Å². The summed E-state index contributed by atoms with van der Waals surface area (Å²) < 4.78 is 58.7. The van der Waals surface area contributed by atoms with E-state index in [1.54, 1.807) is 0 Å². The molecular formula is C10H12F3NO2S. The van der Waals surface area contributed by atoms with E-state index in [0.717, 1.165) is 18.6 Å². The molecule has 3 nitrogen and oxygen atoms in total. The third kappa shape index (κ3) is 3.12. The molecule has 0 aliphatic rings. The summed E-state index contributed by atoms with van der Waals surface area (Å²) in [6, 6.07) is 4.52. The van der Waals surface area contributed by atoms with Crippen LogP contribution in [0.25, 0.3) is 0 Å². The molecule has 0 spiro atoms. The highest BCUT2D eigenvalue weighted by atomic mass is 32.2. The lowest BCUT2D eigenvalue weighted by Crippen LogP contribution is -2.23. The zero-order valence-corrected chi connectivity index (χ0v) is 9.90. The molecule has 96 valence electrons. The number of sulfone groups is 1. The van der Waals surface area contributed by atoms with Crippen LogP contribution in [-0.2, 0) is 9.84 Å². The number of alkyl halides is 3. The van der Waals surface area contributed by atoms with Crippen LogP contribution in [0.1, 0.15) is 13.3 Å². The third-order valence-corrected chi connectivity index (χ3v) is 3.55. The number of hydrogen-bond donors (Lipinski definition) is 1. The average molecular weight is 267 g/mol. The van der Waals surface area contributed by atoms with Gasteiger partial charge in [-0.25, -0.2) is 8.42 Å². The summed E-state index contributed by atoms with van der Waals surface area (Å²) in [5.74, 6) is 0. The summed E-state index contributed by atoms with van der Waals surface area (Å²) in [5, 5.41) is 2.94. The summed E-state index contributed by atoms with van der Waals surface area (Å²) in [6.45, 7) is 2.61.